The summed E-state index contributed by atoms with van der Waals surface area (Å²) >= 11 is 4.71. The number of pyridine rings is 1. The molecule has 1 aromatic rings. The third kappa shape index (κ3) is 2.77. The first-order chi connectivity index (χ1) is 9.76. The molecule has 0 amide bonds. The summed E-state index contributed by atoms with van der Waals surface area (Å²) in [6, 6.07) is 1.91. The van der Waals surface area contributed by atoms with Gasteiger partial charge in [-0.25, -0.2) is 9.37 Å². The van der Waals surface area contributed by atoms with Crippen molar-refractivity contribution >= 4 is 32.9 Å². The van der Waals surface area contributed by atoms with Crippen LogP contribution in [-0.2, 0) is 5.54 Å². The van der Waals surface area contributed by atoms with Crippen molar-refractivity contribution in [2.45, 2.75) is 31.1 Å². The number of aromatic nitrogens is 1. The number of ether oxygens (including phenoxy) is 1. The van der Waals surface area contributed by atoms with E-state index in [4.69, 9.17) is 10.5 Å². The number of rotatable bonds is 3. The predicted octanol–water partition coefficient (Wildman–Crippen LogP) is 3.49. The number of hydrogen-bond acceptors (Lipinski definition) is 5. The molecule has 0 aliphatic carbocycles. The third-order valence-corrected chi connectivity index (χ3v) is 5.92. The molecule has 7 heteroatoms. The lowest BCUT2D eigenvalue weighted by molar-refractivity contribution is 0.219. The van der Waals surface area contributed by atoms with E-state index in [-0.39, 0.29) is 5.92 Å². The molecule has 2 rings (SSSR count). The highest BCUT2D eigenvalue weighted by atomic mass is 79.9. The van der Waals surface area contributed by atoms with E-state index in [1.165, 1.54) is 11.8 Å². The van der Waals surface area contributed by atoms with Crippen LogP contribution in [0.1, 0.15) is 26.3 Å². The lowest BCUT2D eigenvalue weighted by atomic mass is 9.74. The van der Waals surface area contributed by atoms with Gasteiger partial charge in [-0.15, -0.1) is 0 Å². The number of methoxy groups -OCH3 is 1. The molecule has 0 saturated carbocycles. The molecule has 0 aromatic carbocycles. The first-order valence-electron chi connectivity index (χ1n) is 6.57. The molecular weight excluding hydrogens is 357 g/mol. The standard InChI is InChI=1S/C14H19BrFN3OS/c1-8-13(2,7-16)21-12(17)19-14(8,3)10-5-9(15)6-18-11(10)20-4/h5-6,8H,7H2,1-4H3,(H2,17,19)/t8-,13-,14+/m1/s1. The van der Waals surface area contributed by atoms with Crippen LogP contribution in [0.4, 0.5) is 4.39 Å². The summed E-state index contributed by atoms with van der Waals surface area (Å²) in [7, 11) is 1.56. The Kier molecular flexibility index (Phi) is 4.54. The summed E-state index contributed by atoms with van der Waals surface area (Å²) in [5.41, 5.74) is 6.07. The lowest BCUT2D eigenvalue weighted by Crippen LogP contribution is -2.49. The Morgan fingerprint density at radius 1 is 1.52 bits per heavy atom. The number of nitrogens with zero attached hydrogens (tertiary/aromatic N) is 2. The van der Waals surface area contributed by atoms with Gasteiger partial charge in [-0.1, -0.05) is 18.7 Å². The van der Waals surface area contributed by atoms with Crippen LogP contribution in [0.15, 0.2) is 21.7 Å². The van der Waals surface area contributed by atoms with Gasteiger partial charge in [0.2, 0.25) is 5.88 Å². The first-order valence-corrected chi connectivity index (χ1v) is 8.18. The smallest absolute Gasteiger partial charge is 0.218 e. The van der Waals surface area contributed by atoms with Crippen LogP contribution in [0.5, 0.6) is 5.88 Å². The number of thioether (sulfide) groups is 1. The zero-order chi connectivity index (χ0) is 15.8. The monoisotopic (exact) mass is 375 g/mol. The van der Waals surface area contributed by atoms with Crippen molar-refractivity contribution in [1.82, 2.24) is 4.98 Å². The second kappa shape index (κ2) is 5.76. The van der Waals surface area contributed by atoms with Crippen LogP contribution in [-0.4, -0.2) is 28.7 Å². The lowest BCUT2D eigenvalue weighted by Gasteiger charge is -2.46. The molecule has 3 atom stereocenters. The normalized spacial score (nSPS) is 32.7. The maximum atomic E-state index is 13.6. The maximum absolute atomic E-state index is 13.6. The molecule has 116 valence electrons. The highest BCUT2D eigenvalue weighted by Gasteiger charge is 2.50. The number of nitrogens with two attached hydrogens (primary N) is 1. The van der Waals surface area contributed by atoms with Gasteiger partial charge in [0.1, 0.15) is 6.67 Å². The van der Waals surface area contributed by atoms with Gasteiger partial charge >= 0.3 is 0 Å². The summed E-state index contributed by atoms with van der Waals surface area (Å²) in [5, 5.41) is 0.387. The van der Waals surface area contributed by atoms with Gasteiger partial charge in [0.05, 0.1) is 17.4 Å². The van der Waals surface area contributed by atoms with Crippen molar-refractivity contribution in [2.75, 3.05) is 13.8 Å². The molecule has 0 spiro atoms. The van der Waals surface area contributed by atoms with E-state index in [1.54, 1.807) is 13.3 Å². The van der Waals surface area contributed by atoms with E-state index in [9.17, 15) is 4.39 Å². The van der Waals surface area contributed by atoms with Crippen molar-refractivity contribution in [2.24, 2.45) is 16.6 Å². The highest BCUT2D eigenvalue weighted by molar-refractivity contribution is 9.10. The first kappa shape index (κ1) is 16.5. The Bertz CT molecular complexity index is 585. The number of halogens is 2. The van der Waals surface area contributed by atoms with Crippen LogP contribution < -0.4 is 10.5 Å². The Morgan fingerprint density at radius 2 is 2.19 bits per heavy atom. The van der Waals surface area contributed by atoms with Crippen molar-refractivity contribution in [3.63, 3.8) is 0 Å². The van der Waals surface area contributed by atoms with E-state index < -0.39 is 17.0 Å². The molecule has 2 N–H and O–H groups in total. The average molecular weight is 376 g/mol. The van der Waals surface area contributed by atoms with Crippen molar-refractivity contribution in [1.29, 1.82) is 0 Å². The molecule has 1 aliphatic rings. The molecule has 21 heavy (non-hydrogen) atoms. The number of hydrogen-bond donors (Lipinski definition) is 1. The summed E-state index contributed by atoms with van der Waals surface area (Å²) < 4.78 is 19.2. The fourth-order valence-corrected chi connectivity index (χ4v) is 4.16. The Hall–Kier alpha value is -0.820. The molecule has 1 aromatic heterocycles. The van der Waals surface area contributed by atoms with Crippen LogP contribution in [0.3, 0.4) is 0 Å². The van der Waals surface area contributed by atoms with E-state index in [2.05, 4.69) is 25.9 Å². The summed E-state index contributed by atoms with van der Waals surface area (Å²) in [4.78, 5) is 8.88. The van der Waals surface area contributed by atoms with Gasteiger partial charge in [0.15, 0.2) is 5.17 Å². The Morgan fingerprint density at radius 3 is 2.76 bits per heavy atom. The molecule has 0 saturated heterocycles. The van der Waals surface area contributed by atoms with Gasteiger partial charge < -0.3 is 10.5 Å². The summed E-state index contributed by atoms with van der Waals surface area (Å²) in [6.45, 7) is 5.33. The number of alkyl halides is 1. The molecule has 2 heterocycles. The zero-order valence-electron chi connectivity index (χ0n) is 12.5. The summed E-state index contributed by atoms with van der Waals surface area (Å²) in [6.07, 6.45) is 1.66. The molecule has 0 unspecified atom stereocenters. The minimum Gasteiger partial charge on any atom is -0.481 e. The van der Waals surface area contributed by atoms with Gasteiger partial charge in [-0.05, 0) is 35.8 Å². The average Bonchev–Trinajstić information content (AvgIpc) is 2.44. The maximum Gasteiger partial charge on any atom is 0.218 e. The van der Waals surface area contributed by atoms with Gasteiger partial charge in [-0.3, -0.25) is 4.99 Å². The second-order valence-corrected chi connectivity index (χ2v) is 8.05. The fourth-order valence-electron chi connectivity index (χ4n) is 2.66. The van der Waals surface area contributed by atoms with Gasteiger partial charge in [0, 0.05) is 22.2 Å². The molecule has 0 bridgehead atoms. The van der Waals surface area contributed by atoms with Gasteiger partial charge in [0.25, 0.3) is 0 Å². The quantitative estimate of drug-likeness (QED) is 0.877. The van der Waals surface area contributed by atoms with E-state index in [0.29, 0.717) is 11.0 Å². The zero-order valence-corrected chi connectivity index (χ0v) is 14.9. The van der Waals surface area contributed by atoms with Crippen LogP contribution in [0.2, 0.25) is 0 Å². The van der Waals surface area contributed by atoms with Crippen LogP contribution in [0, 0.1) is 5.92 Å². The minimum atomic E-state index is -0.696. The minimum absolute atomic E-state index is 0.0858. The second-order valence-electron chi connectivity index (χ2n) is 5.58. The van der Waals surface area contributed by atoms with Crippen molar-refractivity contribution in [3.8, 4) is 5.88 Å². The Balaban J connectivity index is 2.64. The summed E-state index contributed by atoms with van der Waals surface area (Å²) in [5.74, 6) is 0.398. The molecule has 1 aliphatic heterocycles. The molecule has 4 nitrogen and oxygen atoms in total. The SMILES string of the molecule is COc1ncc(Br)cc1[C@@]1(C)N=C(N)S[C@](C)(CF)[C@H]1C. The predicted molar refractivity (Wildman–Crippen MR) is 88.6 cm³/mol. The number of amidine groups is 1. The third-order valence-electron chi connectivity index (χ3n) is 4.26. The van der Waals surface area contributed by atoms with Crippen LogP contribution >= 0.6 is 27.7 Å². The highest BCUT2D eigenvalue weighted by Crippen LogP contribution is 2.51. The fraction of sp³-hybridized carbons (Fsp3) is 0.571. The van der Waals surface area contributed by atoms with Crippen molar-refractivity contribution < 1.29 is 9.13 Å². The molecule has 0 fully saturated rings. The van der Waals surface area contributed by atoms with Gasteiger partial charge in [-0.2, -0.15) is 0 Å². The Labute approximate surface area is 136 Å². The van der Waals surface area contributed by atoms with Crippen molar-refractivity contribution in [3.05, 3.63) is 22.3 Å². The largest absolute Gasteiger partial charge is 0.481 e. The van der Waals surface area contributed by atoms with E-state index in [0.717, 1.165) is 10.0 Å². The topological polar surface area (TPSA) is 60.5 Å². The van der Waals surface area contributed by atoms with E-state index >= 15 is 0 Å². The van der Waals surface area contributed by atoms with E-state index in [1.807, 2.05) is 26.8 Å². The molecular formula is C14H19BrFN3OS. The number of aliphatic imine (C=N–C) groups is 1. The molecule has 0 radical (unpaired) electrons. The van der Waals surface area contributed by atoms with Crippen LogP contribution in [0.25, 0.3) is 0 Å².